The van der Waals surface area contributed by atoms with Crippen molar-refractivity contribution in [1.29, 1.82) is 0 Å². The lowest BCUT2D eigenvalue weighted by Crippen LogP contribution is -2.30. The van der Waals surface area contributed by atoms with Crippen LogP contribution in [0.15, 0.2) is 66.3 Å². The number of hydrogen-bond donors (Lipinski definition) is 1. The summed E-state index contributed by atoms with van der Waals surface area (Å²) in [5.74, 6) is -0.0371. The Morgan fingerprint density at radius 1 is 1.21 bits per heavy atom. The minimum absolute atomic E-state index is 0.0123. The highest BCUT2D eigenvalue weighted by Gasteiger charge is 2.17. The number of carbonyl (C=O) groups is 1. The first kappa shape index (κ1) is 15.1. The molecule has 3 aromatic heterocycles. The average Bonchev–Trinajstić information content (AvgIpc) is 3.35. The maximum Gasteiger partial charge on any atom is 0.261 e. The van der Waals surface area contributed by atoms with E-state index in [4.69, 9.17) is 0 Å². The molecule has 1 atom stereocenters. The molecule has 0 radical (unpaired) electrons. The summed E-state index contributed by atoms with van der Waals surface area (Å²) in [6, 6.07) is 16.0. The minimum Gasteiger partial charge on any atom is -0.349 e. The van der Waals surface area contributed by atoms with E-state index >= 15 is 0 Å². The minimum atomic E-state index is -0.0371. The van der Waals surface area contributed by atoms with Crippen LogP contribution in [0.3, 0.4) is 0 Å². The number of rotatable bonds is 5. The van der Waals surface area contributed by atoms with E-state index in [0.29, 0.717) is 6.54 Å². The fourth-order valence-corrected chi connectivity index (χ4v) is 4.44. The van der Waals surface area contributed by atoms with Crippen LogP contribution in [0.2, 0.25) is 0 Å². The van der Waals surface area contributed by atoms with Gasteiger partial charge >= 0.3 is 0 Å². The number of aromatic nitrogens is 2. The Morgan fingerprint density at radius 3 is 2.88 bits per heavy atom. The van der Waals surface area contributed by atoms with Crippen molar-refractivity contribution in [3.63, 3.8) is 0 Å². The third-order valence-corrected chi connectivity index (χ3v) is 5.91. The first-order valence-electron chi connectivity index (χ1n) is 7.60. The van der Waals surface area contributed by atoms with Crippen LogP contribution in [0, 0.1) is 0 Å². The Kier molecular flexibility index (Phi) is 4.15. The smallest absolute Gasteiger partial charge is 0.261 e. The van der Waals surface area contributed by atoms with Crippen LogP contribution in [-0.4, -0.2) is 22.2 Å². The Labute approximate surface area is 147 Å². The van der Waals surface area contributed by atoms with Crippen molar-refractivity contribution in [2.24, 2.45) is 0 Å². The van der Waals surface area contributed by atoms with Crippen molar-refractivity contribution < 1.29 is 4.79 Å². The molecule has 1 aromatic carbocycles. The topological polar surface area (TPSA) is 46.9 Å². The molecule has 4 nitrogen and oxygen atoms in total. The highest BCUT2D eigenvalue weighted by atomic mass is 32.1. The van der Waals surface area contributed by atoms with E-state index in [1.807, 2.05) is 58.7 Å². The molecule has 0 spiro atoms. The molecule has 1 amide bonds. The molecule has 0 bridgehead atoms. The Bertz CT molecular complexity index is 875. The second-order valence-electron chi connectivity index (χ2n) is 5.38. The summed E-state index contributed by atoms with van der Waals surface area (Å²) in [4.78, 5) is 14.4. The zero-order valence-electron chi connectivity index (χ0n) is 12.8. The molecule has 1 N–H and O–H groups in total. The molecule has 120 valence electrons. The van der Waals surface area contributed by atoms with Gasteiger partial charge in [0.15, 0.2) is 0 Å². The van der Waals surface area contributed by atoms with Gasteiger partial charge in [-0.2, -0.15) is 5.10 Å². The van der Waals surface area contributed by atoms with Crippen LogP contribution in [0.4, 0.5) is 0 Å². The van der Waals surface area contributed by atoms with E-state index in [2.05, 4.69) is 16.5 Å². The van der Waals surface area contributed by atoms with Gasteiger partial charge in [0.2, 0.25) is 0 Å². The summed E-state index contributed by atoms with van der Waals surface area (Å²) in [5, 5.41) is 10.5. The molecular weight excluding hydrogens is 338 g/mol. The van der Waals surface area contributed by atoms with Gasteiger partial charge in [-0.3, -0.25) is 9.48 Å². The third kappa shape index (κ3) is 2.98. The number of benzene rings is 1. The number of carbonyl (C=O) groups excluding carboxylic acids is 1. The van der Waals surface area contributed by atoms with Crippen LogP contribution in [0.5, 0.6) is 0 Å². The predicted octanol–water partition coefficient (Wildman–Crippen LogP) is 4.18. The maximum absolute atomic E-state index is 12.5. The van der Waals surface area contributed by atoms with Crippen molar-refractivity contribution in [2.45, 2.75) is 6.04 Å². The predicted molar refractivity (Wildman–Crippen MR) is 98.8 cm³/mol. The molecule has 0 unspecified atom stereocenters. The molecule has 0 saturated carbocycles. The van der Waals surface area contributed by atoms with Gasteiger partial charge in [-0.1, -0.05) is 24.3 Å². The number of nitrogens with one attached hydrogen (secondary N) is 1. The van der Waals surface area contributed by atoms with Gasteiger partial charge in [-0.15, -0.1) is 22.7 Å². The second-order valence-corrected chi connectivity index (χ2v) is 7.44. The van der Waals surface area contributed by atoms with E-state index in [9.17, 15) is 4.79 Å². The lowest BCUT2D eigenvalue weighted by atomic mass is 10.2. The van der Waals surface area contributed by atoms with Gasteiger partial charge in [0.25, 0.3) is 5.91 Å². The van der Waals surface area contributed by atoms with Gasteiger partial charge in [0.05, 0.1) is 4.88 Å². The standard InChI is InChI=1S/C18H15N3OS2/c22-18(17-11-13-5-1-2-6-15(13)24-17)19-12-14(16-7-3-10-23-16)21-9-4-8-20-21/h1-11,14H,12H2,(H,19,22)/t14-/m1/s1. The summed E-state index contributed by atoms with van der Waals surface area (Å²) >= 11 is 3.19. The first-order valence-corrected chi connectivity index (χ1v) is 9.30. The SMILES string of the molecule is O=C(NC[C@H](c1cccs1)n1cccn1)c1cc2ccccc2s1. The van der Waals surface area contributed by atoms with Crippen LogP contribution in [0.25, 0.3) is 10.1 Å². The molecule has 6 heteroatoms. The third-order valence-electron chi connectivity index (χ3n) is 3.82. The van der Waals surface area contributed by atoms with Crippen LogP contribution in [0.1, 0.15) is 20.6 Å². The van der Waals surface area contributed by atoms with E-state index in [0.717, 1.165) is 15.0 Å². The maximum atomic E-state index is 12.5. The fourth-order valence-electron chi connectivity index (χ4n) is 2.64. The van der Waals surface area contributed by atoms with E-state index in [-0.39, 0.29) is 11.9 Å². The molecule has 4 aromatic rings. The van der Waals surface area contributed by atoms with Crippen molar-refractivity contribution in [2.75, 3.05) is 6.54 Å². The van der Waals surface area contributed by atoms with Crippen LogP contribution >= 0.6 is 22.7 Å². The molecule has 3 heterocycles. The molecule has 0 aliphatic rings. The summed E-state index contributed by atoms with van der Waals surface area (Å²) in [7, 11) is 0. The number of thiophene rings is 2. The highest BCUT2D eigenvalue weighted by Crippen LogP contribution is 2.26. The summed E-state index contributed by atoms with van der Waals surface area (Å²) in [6.07, 6.45) is 3.68. The number of hydrogen-bond acceptors (Lipinski definition) is 4. The van der Waals surface area contributed by atoms with Crippen molar-refractivity contribution in [3.8, 4) is 0 Å². The summed E-state index contributed by atoms with van der Waals surface area (Å²) in [6.45, 7) is 0.509. The van der Waals surface area contributed by atoms with Crippen molar-refractivity contribution in [1.82, 2.24) is 15.1 Å². The molecule has 0 fully saturated rings. The lowest BCUT2D eigenvalue weighted by molar-refractivity contribution is 0.0953. The van der Waals surface area contributed by atoms with Crippen molar-refractivity contribution in [3.05, 3.63) is 76.1 Å². The van der Waals surface area contributed by atoms with Crippen molar-refractivity contribution >= 4 is 38.7 Å². The first-order chi connectivity index (χ1) is 11.8. The Hall–Kier alpha value is -2.44. The zero-order valence-corrected chi connectivity index (χ0v) is 14.4. The van der Waals surface area contributed by atoms with Crippen LogP contribution in [-0.2, 0) is 0 Å². The molecule has 0 aliphatic heterocycles. The monoisotopic (exact) mass is 353 g/mol. The molecular formula is C18H15N3OS2. The quantitative estimate of drug-likeness (QED) is 0.585. The highest BCUT2D eigenvalue weighted by molar-refractivity contribution is 7.20. The van der Waals surface area contributed by atoms with Gasteiger partial charge in [-0.05, 0) is 35.0 Å². The lowest BCUT2D eigenvalue weighted by Gasteiger charge is -2.16. The summed E-state index contributed by atoms with van der Waals surface area (Å²) < 4.78 is 3.02. The normalized spacial score (nSPS) is 12.3. The summed E-state index contributed by atoms with van der Waals surface area (Å²) in [5.41, 5.74) is 0. The number of fused-ring (bicyclic) bond motifs is 1. The number of nitrogens with zero attached hydrogens (tertiary/aromatic N) is 2. The van der Waals surface area contributed by atoms with E-state index in [1.165, 1.54) is 16.2 Å². The average molecular weight is 353 g/mol. The molecule has 24 heavy (non-hydrogen) atoms. The van der Waals surface area contributed by atoms with Gasteiger partial charge < -0.3 is 5.32 Å². The van der Waals surface area contributed by atoms with E-state index < -0.39 is 0 Å². The largest absolute Gasteiger partial charge is 0.349 e. The molecule has 0 saturated heterocycles. The second kappa shape index (κ2) is 6.59. The molecule has 0 aliphatic carbocycles. The van der Waals surface area contributed by atoms with Gasteiger partial charge in [0.1, 0.15) is 6.04 Å². The number of amides is 1. The van der Waals surface area contributed by atoms with Gasteiger partial charge in [-0.25, -0.2) is 0 Å². The zero-order chi connectivity index (χ0) is 16.4. The Balaban J connectivity index is 1.52. The van der Waals surface area contributed by atoms with Gasteiger partial charge in [0, 0.05) is 28.5 Å². The van der Waals surface area contributed by atoms with E-state index in [1.54, 1.807) is 17.5 Å². The Morgan fingerprint density at radius 2 is 2.12 bits per heavy atom. The fraction of sp³-hybridized carbons (Fsp3) is 0.111. The van der Waals surface area contributed by atoms with Crippen LogP contribution < -0.4 is 5.32 Å². The molecule has 4 rings (SSSR count).